The molecule has 0 aliphatic heterocycles. The number of fused-ring (bicyclic) bond motifs is 10. The maximum atomic E-state index is 13.0. The molecule has 496 valence electrons. The Morgan fingerprint density at radius 1 is 0.670 bits per heavy atom. The Kier molecular flexibility index (Phi) is 24.9. The first-order valence-corrected chi connectivity index (χ1v) is 38.9. The van der Waals surface area contributed by atoms with Gasteiger partial charge in [0.2, 0.25) is 16.1 Å². The third-order valence-electron chi connectivity index (χ3n) is 26.0. The minimum Gasteiger partial charge on any atom is -0.393 e. The summed E-state index contributed by atoms with van der Waals surface area (Å²) in [6.07, 6.45) is 23.1. The molecule has 0 saturated heterocycles. The Hall–Kier alpha value is -0.693. The number of ketones is 1. The zero-order chi connectivity index (χ0) is 65.5. The molecule has 2 heterocycles. The van der Waals surface area contributed by atoms with Gasteiger partial charge in [-0.05, 0) is 243 Å². The van der Waals surface area contributed by atoms with E-state index in [1.54, 1.807) is 18.2 Å². The van der Waals surface area contributed by atoms with E-state index < -0.39 is 25.6 Å². The maximum absolute atomic E-state index is 13.0. The van der Waals surface area contributed by atoms with Crippen LogP contribution >= 0.6 is 22.7 Å². The van der Waals surface area contributed by atoms with Crippen LogP contribution in [-0.4, -0.2) is 84.3 Å². The molecule has 8 fully saturated rings. The number of aliphatic imine (C=N–C) groups is 1. The van der Waals surface area contributed by atoms with Gasteiger partial charge in [-0.2, -0.15) is 0 Å². The third-order valence-corrected chi connectivity index (χ3v) is 32.8. The van der Waals surface area contributed by atoms with Gasteiger partial charge in [-0.3, -0.25) is 4.79 Å². The van der Waals surface area contributed by atoms with Gasteiger partial charge in [0.05, 0.1) is 24.9 Å². The van der Waals surface area contributed by atoms with Crippen LogP contribution in [0.4, 0.5) is 0 Å². The van der Waals surface area contributed by atoms with E-state index in [1.165, 1.54) is 93.3 Å². The van der Waals surface area contributed by atoms with Crippen LogP contribution in [0.25, 0.3) is 0 Å². The number of sulfone groups is 1. The SMILES string of the molecule is CC(C)(C)c1ccc(S(N)(=O)=O)s1.CC[C@H]1[C@@H](O)[C@@H]2[C@H](CC[C@]3(C)[C@@H]([C@H](C)CCCC(=O)CS(=O)(=O)c4ccc(C(C)(C)C)s4)CC[C@@H]23)[C@@]2(C)CC[C@@H](O)C[C@@H]12.CC[C@H]1[C@@H](O)[C@@H]2[C@H](CC[C@]3(C)[C@@H]([C@H](C)CCN=C=O)CC[C@@H]23)[C@@]2(C)CC[C@@H](C)C[C@@H]12.[2H][B].[U]. The van der Waals surface area contributed by atoms with E-state index in [9.17, 15) is 41.7 Å². The predicted molar refractivity (Wildman–Crippen MR) is 358 cm³/mol. The van der Waals surface area contributed by atoms with Crippen molar-refractivity contribution in [2.24, 2.45) is 121 Å². The molecular formula is C71H117BN2O9S4U. The first kappa shape index (κ1) is 74.7. The van der Waals surface area contributed by atoms with Gasteiger partial charge in [-0.25, -0.2) is 31.8 Å². The standard InChI is InChI=1S/C36H58O5S2.C27H45NO2.C8H13NO2S2.BH.U/c1-8-25-29-20-23(37)16-18-36(29,7)28-17-19-35(6)26(12-13-27(35)32(28)33(25)39)22(2)10-9-11-24(38)21-43(40,41)31-15-14-30(42-31)34(3,4)5;1-6-19-23-15-17(2)9-12-27(23,5)22-10-13-26(4)20(18(3)11-14-28-16-29)7-8-21(26)24(22)25(19)30;1-8(2,3)6-4-5-7(12-6)13(9,10)11;;/h14-15,22-23,25-29,32-33,37,39H,8-13,16-21H2,1-7H3;17-25,30H,6-15H2,1-5H3;4-5H,1-3H3,(H2,9,10,11);1H;/t22-,23-,25-,26-,27+,28+,29+,32+,33-,35-,36-;17-,18-,19-,20-,21+,22+,23+,24+,25-,26-,27-;;;/m11.../s1/i;;;1D;. The van der Waals surface area contributed by atoms with Crippen LogP contribution in [0.1, 0.15) is 242 Å². The Bertz CT molecular complexity index is 2940. The molecule has 11 nitrogen and oxygen atoms in total. The van der Waals surface area contributed by atoms with E-state index in [4.69, 9.17) is 6.47 Å². The molecule has 5 N–H and O–H groups in total. The van der Waals surface area contributed by atoms with E-state index >= 15 is 0 Å². The van der Waals surface area contributed by atoms with Crippen molar-refractivity contribution in [2.75, 3.05) is 12.3 Å². The average molecular weight is 1520 g/mol. The molecule has 2 aromatic heterocycles. The minimum absolute atomic E-state index is 0. The van der Waals surface area contributed by atoms with Crippen molar-refractivity contribution in [1.29, 1.82) is 1.34 Å². The summed E-state index contributed by atoms with van der Waals surface area (Å²) < 4.78 is 53.6. The summed E-state index contributed by atoms with van der Waals surface area (Å²) in [7, 11) is -3.37. The summed E-state index contributed by atoms with van der Waals surface area (Å²) >= 11 is 2.52. The molecule has 8 saturated carbocycles. The van der Waals surface area contributed by atoms with E-state index in [0.717, 1.165) is 67.0 Å². The quantitative estimate of drug-likeness (QED) is 0.0760. The van der Waals surface area contributed by atoms with Crippen molar-refractivity contribution in [1.82, 2.24) is 0 Å². The van der Waals surface area contributed by atoms with Gasteiger partial charge in [0, 0.05) is 55.7 Å². The second kappa shape index (κ2) is 29.3. The molecule has 0 spiro atoms. The number of Topliss-reactive ketones (excluding diaryl/α,β-unsaturated/α-hetero) is 1. The van der Waals surface area contributed by atoms with E-state index in [1.807, 2.05) is 32.9 Å². The van der Waals surface area contributed by atoms with Gasteiger partial charge in [-0.15, -0.1) is 22.7 Å². The number of carbonyl (C=O) groups is 1. The van der Waals surface area contributed by atoms with Crippen molar-refractivity contribution in [3.05, 3.63) is 34.0 Å². The van der Waals surface area contributed by atoms with Gasteiger partial charge in [0.1, 0.15) is 20.0 Å². The van der Waals surface area contributed by atoms with Gasteiger partial charge >= 0.3 is 0 Å². The molecule has 0 bridgehead atoms. The zero-order valence-electron chi connectivity index (χ0n) is 57.8. The summed E-state index contributed by atoms with van der Waals surface area (Å²) in [6.45, 7) is 34.8. The number of rotatable bonds is 15. The number of hydrogen-bond donors (Lipinski definition) is 4. The zero-order valence-corrected chi connectivity index (χ0v) is 64.2. The minimum atomic E-state index is -3.60. The number of primary sulfonamides is 1. The fourth-order valence-corrected chi connectivity index (χ4v) is 26.1. The van der Waals surface area contributed by atoms with Crippen molar-refractivity contribution in [3.63, 3.8) is 0 Å². The van der Waals surface area contributed by atoms with Crippen molar-refractivity contribution < 1.29 is 72.9 Å². The van der Waals surface area contributed by atoms with E-state index in [-0.39, 0.29) is 87.0 Å². The Labute approximate surface area is 569 Å². The molecule has 22 atom stereocenters. The van der Waals surface area contributed by atoms with Crippen molar-refractivity contribution in [2.45, 2.75) is 270 Å². The van der Waals surface area contributed by atoms with Crippen LogP contribution < -0.4 is 5.14 Å². The summed E-state index contributed by atoms with van der Waals surface area (Å²) in [5, 5.41) is 39.3. The molecule has 0 amide bonds. The predicted octanol–water partition coefficient (Wildman–Crippen LogP) is 15.1. The van der Waals surface area contributed by atoms with Crippen molar-refractivity contribution in [3.8, 4) is 0 Å². The second-order valence-electron chi connectivity index (χ2n) is 32.9. The van der Waals surface area contributed by atoms with E-state index in [0.29, 0.717) is 105 Å². The van der Waals surface area contributed by atoms with Gasteiger partial charge in [0.15, 0.2) is 9.84 Å². The largest absolute Gasteiger partial charge is 0.393 e. The molecule has 2 aromatic rings. The molecule has 0 aromatic carbocycles. The second-order valence-corrected chi connectivity index (χ2v) is 39.1. The van der Waals surface area contributed by atoms with Crippen LogP contribution in [0.15, 0.2) is 37.7 Å². The van der Waals surface area contributed by atoms with Crippen molar-refractivity contribution >= 4 is 62.8 Å². The molecule has 8 aliphatic rings. The number of aliphatic hydroxyl groups is 3. The van der Waals surface area contributed by atoms with Crippen LogP contribution in [0.3, 0.4) is 0 Å². The average Bonchev–Trinajstić information content (AvgIpc) is 1.70. The Morgan fingerprint density at radius 2 is 1.10 bits per heavy atom. The molecular weight excluding hydrogens is 1400 g/mol. The monoisotopic (exact) mass is 1520 g/mol. The number of isocyanates is 1. The van der Waals surface area contributed by atoms with Gasteiger partial charge < -0.3 is 15.3 Å². The normalized spacial score (nSPS) is 39.2. The fourth-order valence-electron chi connectivity index (χ4n) is 21.5. The third kappa shape index (κ3) is 15.3. The number of thiophene rings is 2. The Balaban J connectivity index is 0.000000237. The number of aliphatic hydroxyl groups excluding tert-OH is 3. The number of nitrogens with zero attached hydrogens (tertiary/aromatic N) is 1. The molecule has 88 heavy (non-hydrogen) atoms. The summed E-state index contributed by atoms with van der Waals surface area (Å²) in [4.78, 5) is 29.2. The van der Waals surface area contributed by atoms with Gasteiger partial charge in [0.25, 0.3) is 0 Å². The van der Waals surface area contributed by atoms with E-state index in [2.05, 4.69) is 96.5 Å². The Morgan fingerprint density at radius 3 is 1.55 bits per heavy atom. The number of sulfonamides is 1. The first-order chi connectivity index (χ1) is 41.0. The smallest absolute Gasteiger partial charge is 0.247 e. The summed E-state index contributed by atoms with van der Waals surface area (Å²) in [5.74, 6) is 7.76. The summed E-state index contributed by atoms with van der Waals surface area (Å²) in [6, 6.07) is 6.90. The van der Waals surface area contributed by atoms with Gasteiger partial charge in [-0.1, -0.05) is 130 Å². The topological polar surface area (TPSA) is 201 Å². The fraction of sp³-hybridized carbons (Fsp3) is 0.859. The van der Waals surface area contributed by atoms with Crippen LogP contribution in [0.2, 0.25) is 0 Å². The first-order valence-electron chi connectivity index (χ1n) is 34.6. The maximum Gasteiger partial charge on any atom is 0.247 e. The summed E-state index contributed by atoms with van der Waals surface area (Å²) in [5.41, 5.74) is 1.06. The van der Waals surface area contributed by atoms with Crippen LogP contribution in [0, 0.1) is 142 Å². The molecule has 8 aliphatic carbocycles. The molecule has 2 radical (unpaired) electrons. The molecule has 0 unspecified atom stereocenters. The number of carbonyl (C=O) groups excluding carboxylic acids is 2. The number of hydrogen-bond acceptors (Lipinski definition) is 12. The van der Waals surface area contributed by atoms with Crippen LogP contribution in [0.5, 0.6) is 0 Å². The molecule has 10 rings (SSSR count). The van der Waals surface area contributed by atoms with Crippen LogP contribution in [-0.2, 0) is 40.3 Å². The number of nitrogens with two attached hydrogens (primary N) is 1. The molecule has 17 heteroatoms.